The van der Waals surface area contributed by atoms with E-state index in [1.807, 2.05) is 37.3 Å². The van der Waals surface area contributed by atoms with Gasteiger partial charge in [-0.15, -0.1) is 0 Å². The maximum atomic E-state index is 12.6. The van der Waals surface area contributed by atoms with E-state index in [0.29, 0.717) is 6.54 Å². The molecule has 1 N–H and O–H groups in total. The molecule has 0 saturated heterocycles. The van der Waals surface area contributed by atoms with Crippen molar-refractivity contribution in [3.05, 3.63) is 65.1 Å². The summed E-state index contributed by atoms with van der Waals surface area (Å²) >= 11 is 1.73. The zero-order chi connectivity index (χ0) is 21.1. The van der Waals surface area contributed by atoms with Crippen molar-refractivity contribution in [3.63, 3.8) is 0 Å². The summed E-state index contributed by atoms with van der Waals surface area (Å²) in [5.74, 6) is 1.66. The summed E-state index contributed by atoms with van der Waals surface area (Å²) in [6, 6.07) is 10.0. The van der Waals surface area contributed by atoms with Crippen LogP contribution in [0.5, 0.6) is 0 Å². The van der Waals surface area contributed by atoms with Crippen molar-refractivity contribution in [2.24, 2.45) is 0 Å². The minimum Gasteiger partial charge on any atom is -0.459 e. The molecule has 0 aliphatic carbocycles. The highest BCUT2D eigenvalue weighted by atomic mass is 32.2. The van der Waals surface area contributed by atoms with Gasteiger partial charge < -0.3 is 14.6 Å². The molecule has 1 aromatic carbocycles. The lowest BCUT2D eigenvalue weighted by atomic mass is 10.1. The standard InChI is InChI=1S/C23H26N4O2S/c1-16-19-6-4-5-7-20(19)29-21(16)15-26(2)22(28)9-8-17-12-18-14-27(30-3)11-10-24-23(18)25-13-17/h4-9,12-13H,10-11,14-15H2,1-3H3,(H,24,25)/b9-8+. The van der Waals surface area contributed by atoms with Crippen LogP contribution < -0.4 is 5.32 Å². The van der Waals surface area contributed by atoms with Gasteiger partial charge in [0.2, 0.25) is 5.91 Å². The number of nitrogens with one attached hydrogen (secondary N) is 1. The smallest absolute Gasteiger partial charge is 0.246 e. The first kappa shape index (κ1) is 20.5. The van der Waals surface area contributed by atoms with E-state index in [9.17, 15) is 4.79 Å². The van der Waals surface area contributed by atoms with Crippen LogP contribution in [0.3, 0.4) is 0 Å². The van der Waals surface area contributed by atoms with Crippen LogP contribution in [0.2, 0.25) is 0 Å². The van der Waals surface area contributed by atoms with E-state index < -0.39 is 0 Å². The monoisotopic (exact) mass is 422 g/mol. The number of fused-ring (bicyclic) bond motifs is 2. The molecule has 1 amide bonds. The van der Waals surface area contributed by atoms with Crippen LogP contribution in [0, 0.1) is 6.92 Å². The zero-order valence-corrected chi connectivity index (χ0v) is 18.3. The van der Waals surface area contributed by atoms with Gasteiger partial charge in [0.25, 0.3) is 0 Å². The van der Waals surface area contributed by atoms with Gasteiger partial charge in [-0.2, -0.15) is 0 Å². The third-order valence-corrected chi connectivity index (χ3v) is 6.19. The molecule has 4 rings (SSSR count). The Labute approximate surface area is 181 Å². The fourth-order valence-corrected chi connectivity index (χ4v) is 4.13. The molecule has 0 spiro atoms. The van der Waals surface area contributed by atoms with Crippen LogP contribution in [0.4, 0.5) is 5.82 Å². The fraction of sp³-hybridized carbons (Fsp3) is 0.304. The van der Waals surface area contributed by atoms with E-state index in [4.69, 9.17) is 4.42 Å². The molecule has 2 aromatic heterocycles. The van der Waals surface area contributed by atoms with Crippen molar-refractivity contribution in [2.75, 3.05) is 31.7 Å². The Morgan fingerprint density at radius 2 is 2.23 bits per heavy atom. The molecule has 0 radical (unpaired) electrons. The van der Waals surface area contributed by atoms with Crippen molar-refractivity contribution < 1.29 is 9.21 Å². The molecule has 0 bridgehead atoms. The Kier molecular flexibility index (Phi) is 6.11. The van der Waals surface area contributed by atoms with Gasteiger partial charge in [0.15, 0.2) is 0 Å². The summed E-state index contributed by atoms with van der Waals surface area (Å²) < 4.78 is 8.23. The van der Waals surface area contributed by atoms with E-state index in [0.717, 1.165) is 58.9 Å². The number of benzene rings is 1. The minimum absolute atomic E-state index is 0.0753. The van der Waals surface area contributed by atoms with Crippen LogP contribution in [-0.2, 0) is 17.9 Å². The molecule has 30 heavy (non-hydrogen) atoms. The lowest BCUT2D eigenvalue weighted by Gasteiger charge is -2.15. The number of hydrogen-bond acceptors (Lipinski definition) is 6. The number of para-hydroxylation sites is 1. The van der Waals surface area contributed by atoms with Crippen LogP contribution >= 0.6 is 11.9 Å². The highest BCUT2D eigenvalue weighted by Gasteiger charge is 2.16. The molecular formula is C23H26N4O2S. The average molecular weight is 423 g/mol. The van der Waals surface area contributed by atoms with Crippen LogP contribution in [0.1, 0.15) is 22.5 Å². The predicted molar refractivity (Wildman–Crippen MR) is 123 cm³/mol. The largest absolute Gasteiger partial charge is 0.459 e. The van der Waals surface area contributed by atoms with E-state index in [1.165, 1.54) is 0 Å². The number of amides is 1. The maximum absolute atomic E-state index is 12.6. The van der Waals surface area contributed by atoms with E-state index in [1.54, 1.807) is 36.2 Å². The highest BCUT2D eigenvalue weighted by Crippen LogP contribution is 2.26. The van der Waals surface area contributed by atoms with Gasteiger partial charge in [0.05, 0.1) is 6.54 Å². The second-order valence-electron chi connectivity index (χ2n) is 7.42. The van der Waals surface area contributed by atoms with Crippen LogP contribution in [0.15, 0.2) is 47.0 Å². The lowest BCUT2D eigenvalue weighted by molar-refractivity contribution is -0.125. The number of aryl methyl sites for hydroxylation is 1. The first-order chi connectivity index (χ1) is 14.5. The summed E-state index contributed by atoms with van der Waals surface area (Å²) in [6.45, 7) is 5.13. The molecule has 3 aromatic rings. The van der Waals surface area contributed by atoms with Crippen molar-refractivity contribution >= 4 is 40.7 Å². The Balaban J connectivity index is 1.45. The third kappa shape index (κ3) is 4.37. The summed E-state index contributed by atoms with van der Waals surface area (Å²) in [6.07, 6.45) is 7.30. The summed E-state index contributed by atoms with van der Waals surface area (Å²) in [5, 5.41) is 4.46. The summed E-state index contributed by atoms with van der Waals surface area (Å²) in [5.41, 5.74) is 3.99. The van der Waals surface area contributed by atoms with Crippen molar-refractivity contribution in [1.82, 2.24) is 14.2 Å². The van der Waals surface area contributed by atoms with Gasteiger partial charge in [0.1, 0.15) is 17.2 Å². The molecule has 0 atom stereocenters. The number of carbonyl (C=O) groups excluding carboxylic acids is 1. The topological polar surface area (TPSA) is 61.6 Å². The van der Waals surface area contributed by atoms with Gasteiger partial charge in [-0.05, 0) is 37.0 Å². The first-order valence-electron chi connectivity index (χ1n) is 9.97. The van der Waals surface area contributed by atoms with Gasteiger partial charge in [-0.25, -0.2) is 9.29 Å². The molecule has 0 unspecified atom stereocenters. The number of rotatable bonds is 5. The molecule has 3 heterocycles. The number of anilines is 1. The minimum atomic E-state index is -0.0753. The van der Waals surface area contributed by atoms with Gasteiger partial charge in [0, 0.05) is 55.5 Å². The Morgan fingerprint density at radius 3 is 3.03 bits per heavy atom. The Bertz CT molecular complexity index is 1090. The number of aromatic nitrogens is 1. The molecule has 156 valence electrons. The molecule has 7 heteroatoms. The molecule has 1 aliphatic heterocycles. The number of nitrogens with zero attached hydrogens (tertiary/aromatic N) is 3. The normalized spacial score (nSPS) is 14.5. The number of pyridine rings is 1. The summed E-state index contributed by atoms with van der Waals surface area (Å²) in [7, 11) is 1.79. The third-order valence-electron chi connectivity index (χ3n) is 5.36. The molecule has 1 aliphatic rings. The van der Waals surface area contributed by atoms with Gasteiger partial charge in [-0.3, -0.25) is 4.79 Å². The highest BCUT2D eigenvalue weighted by molar-refractivity contribution is 7.96. The second-order valence-corrected chi connectivity index (χ2v) is 8.30. The van der Waals surface area contributed by atoms with Crippen molar-refractivity contribution in [1.29, 1.82) is 0 Å². The fourth-order valence-electron chi connectivity index (χ4n) is 3.59. The van der Waals surface area contributed by atoms with Gasteiger partial charge in [-0.1, -0.05) is 30.1 Å². The van der Waals surface area contributed by atoms with Crippen molar-refractivity contribution in [3.8, 4) is 0 Å². The van der Waals surface area contributed by atoms with E-state index in [2.05, 4.69) is 26.9 Å². The van der Waals surface area contributed by atoms with Crippen LogP contribution in [0.25, 0.3) is 17.0 Å². The van der Waals surface area contributed by atoms with E-state index >= 15 is 0 Å². The molecule has 6 nitrogen and oxygen atoms in total. The zero-order valence-electron chi connectivity index (χ0n) is 17.5. The number of likely N-dealkylation sites (N-methyl/N-ethyl adjacent to an activating group) is 1. The van der Waals surface area contributed by atoms with Crippen molar-refractivity contribution in [2.45, 2.75) is 20.0 Å². The van der Waals surface area contributed by atoms with E-state index in [-0.39, 0.29) is 5.91 Å². The summed E-state index contributed by atoms with van der Waals surface area (Å²) in [4.78, 5) is 18.8. The number of hydrogen-bond donors (Lipinski definition) is 1. The second kappa shape index (κ2) is 8.93. The maximum Gasteiger partial charge on any atom is 0.246 e. The van der Waals surface area contributed by atoms with Gasteiger partial charge >= 0.3 is 0 Å². The molecular weight excluding hydrogens is 396 g/mol. The number of carbonyl (C=O) groups is 1. The SMILES string of the molecule is CSN1CCNc2ncc(/C=C/C(=O)N(C)Cc3oc4ccccc4c3C)cc2C1. The Morgan fingerprint density at radius 1 is 1.40 bits per heavy atom. The molecule has 0 saturated carbocycles. The lowest BCUT2D eigenvalue weighted by Crippen LogP contribution is -2.24. The first-order valence-corrected chi connectivity index (χ1v) is 11.2. The quantitative estimate of drug-likeness (QED) is 0.488. The Hall–Kier alpha value is -2.77. The average Bonchev–Trinajstić information content (AvgIpc) is 2.94. The predicted octanol–water partition coefficient (Wildman–Crippen LogP) is 4.31. The molecule has 0 fully saturated rings. The number of furan rings is 1. The van der Waals surface area contributed by atoms with Crippen LogP contribution in [-0.4, -0.2) is 46.5 Å².